The first-order valence-electron chi connectivity index (χ1n) is 23.1. The molecule has 0 aromatic carbocycles. The minimum atomic E-state index is 0.0839. The molecule has 0 amide bonds. The summed E-state index contributed by atoms with van der Waals surface area (Å²) in [5.74, 6) is 1.09. The molecule has 0 aromatic heterocycles. The number of aliphatic hydroxyl groups excluding tert-OH is 1. The van der Waals surface area contributed by atoms with Gasteiger partial charge >= 0.3 is 5.97 Å². The molecule has 0 spiro atoms. The maximum Gasteiger partial charge on any atom is 0.308 e. The first kappa shape index (κ1) is 49.4. The third-order valence-electron chi connectivity index (χ3n) is 11.2. The molecule has 0 radical (unpaired) electrons. The molecule has 1 atom stereocenters. The monoisotopic (exact) mass is 708 g/mol. The van der Waals surface area contributed by atoms with E-state index in [1.165, 1.54) is 199 Å². The van der Waals surface area contributed by atoms with E-state index in [0.717, 1.165) is 44.4 Å². The summed E-state index contributed by atoms with van der Waals surface area (Å²) in [5.41, 5.74) is 0. The summed E-state index contributed by atoms with van der Waals surface area (Å²) in [6, 6.07) is 0. The molecule has 0 bridgehead atoms. The normalized spacial score (nSPS) is 12.4. The SMILES string of the molecule is CCCCCCCCC(CCCCCCCC)CCN(CCCCCO)CCCCCCOC(=O)C(CCCCCC)CCCCCCCC. The van der Waals surface area contributed by atoms with Crippen LogP contribution in [0.5, 0.6) is 0 Å². The van der Waals surface area contributed by atoms with Crippen molar-refractivity contribution in [3.63, 3.8) is 0 Å². The Morgan fingerprint density at radius 3 is 1.30 bits per heavy atom. The molecule has 0 saturated carbocycles. The van der Waals surface area contributed by atoms with E-state index >= 15 is 0 Å². The van der Waals surface area contributed by atoms with Gasteiger partial charge in [0.25, 0.3) is 0 Å². The van der Waals surface area contributed by atoms with Crippen LogP contribution in [0.25, 0.3) is 0 Å². The molecule has 0 aliphatic heterocycles. The molecule has 4 nitrogen and oxygen atoms in total. The maximum absolute atomic E-state index is 13.0. The highest BCUT2D eigenvalue weighted by Crippen LogP contribution is 2.24. The van der Waals surface area contributed by atoms with Gasteiger partial charge in [-0.3, -0.25) is 4.79 Å². The Balaban J connectivity index is 4.66. The number of hydrogen-bond acceptors (Lipinski definition) is 4. The number of rotatable bonds is 42. The quantitative estimate of drug-likeness (QED) is 0.0507. The zero-order chi connectivity index (χ0) is 36.6. The van der Waals surface area contributed by atoms with Gasteiger partial charge in [-0.25, -0.2) is 0 Å². The van der Waals surface area contributed by atoms with E-state index in [0.29, 0.717) is 13.2 Å². The van der Waals surface area contributed by atoms with Crippen molar-refractivity contribution < 1.29 is 14.6 Å². The zero-order valence-corrected chi connectivity index (χ0v) is 34.9. The second kappa shape index (κ2) is 41.2. The van der Waals surface area contributed by atoms with Gasteiger partial charge in [-0.2, -0.15) is 0 Å². The highest BCUT2D eigenvalue weighted by Gasteiger charge is 2.19. The van der Waals surface area contributed by atoms with Gasteiger partial charge in [0.1, 0.15) is 0 Å². The molecule has 1 N–H and O–H groups in total. The lowest BCUT2D eigenvalue weighted by atomic mass is 9.91. The molecular formula is C46H93NO3. The number of ether oxygens (including phenoxy) is 1. The van der Waals surface area contributed by atoms with Crippen LogP contribution in [0.1, 0.15) is 246 Å². The van der Waals surface area contributed by atoms with Crippen LogP contribution in [0.15, 0.2) is 0 Å². The summed E-state index contributed by atoms with van der Waals surface area (Å²) in [7, 11) is 0. The van der Waals surface area contributed by atoms with Gasteiger partial charge in [0, 0.05) is 6.61 Å². The van der Waals surface area contributed by atoms with Gasteiger partial charge in [-0.15, -0.1) is 0 Å². The number of aliphatic hydroxyl groups is 1. The largest absolute Gasteiger partial charge is 0.465 e. The molecule has 0 aromatic rings. The van der Waals surface area contributed by atoms with E-state index in [1.807, 2.05) is 0 Å². The Bertz CT molecular complexity index is 639. The van der Waals surface area contributed by atoms with E-state index < -0.39 is 0 Å². The Morgan fingerprint density at radius 2 is 0.820 bits per heavy atom. The number of nitrogens with zero attached hydrogens (tertiary/aromatic N) is 1. The maximum atomic E-state index is 13.0. The fourth-order valence-corrected chi connectivity index (χ4v) is 7.63. The molecule has 50 heavy (non-hydrogen) atoms. The molecule has 4 heteroatoms. The lowest BCUT2D eigenvalue weighted by Gasteiger charge is -2.26. The van der Waals surface area contributed by atoms with Crippen LogP contribution in [0.3, 0.4) is 0 Å². The Hall–Kier alpha value is -0.610. The third-order valence-corrected chi connectivity index (χ3v) is 11.2. The summed E-state index contributed by atoms with van der Waals surface area (Å²) < 4.78 is 5.87. The Kier molecular flexibility index (Phi) is 40.6. The molecule has 300 valence electrons. The van der Waals surface area contributed by atoms with Crippen LogP contribution in [-0.2, 0) is 9.53 Å². The molecule has 0 heterocycles. The number of carbonyl (C=O) groups is 1. The number of unbranched alkanes of at least 4 members (excludes halogenated alkanes) is 23. The van der Waals surface area contributed by atoms with E-state index in [-0.39, 0.29) is 11.9 Å². The van der Waals surface area contributed by atoms with Crippen molar-refractivity contribution >= 4 is 5.97 Å². The fraction of sp³-hybridized carbons (Fsp3) is 0.978. The summed E-state index contributed by atoms with van der Waals surface area (Å²) >= 11 is 0. The molecule has 0 rings (SSSR count). The summed E-state index contributed by atoms with van der Waals surface area (Å²) in [6.45, 7) is 13.7. The molecule has 0 saturated heterocycles. The van der Waals surface area contributed by atoms with Crippen LogP contribution >= 0.6 is 0 Å². The van der Waals surface area contributed by atoms with Gasteiger partial charge in [0.15, 0.2) is 0 Å². The first-order valence-corrected chi connectivity index (χ1v) is 23.1. The topological polar surface area (TPSA) is 49.8 Å². The molecule has 0 fully saturated rings. The van der Waals surface area contributed by atoms with Gasteiger partial charge in [-0.1, -0.05) is 195 Å². The minimum absolute atomic E-state index is 0.0839. The van der Waals surface area contributed by atoms with Crippen LogP contribution in [0.4, 0.5) is 0 Å². The predicted octanol–water partition coefficient (Wildman–Crippen LogP) is 14.4. The summed E-state index contributed by atoms with van der Waals surface area (Å²) in [5, 5.41) is 9.30. The van der Waals surface area contributed by atoms with E-state index in [1.54, 1.807) is 0 Å². The Labute approximate surface area is 315 Å². The van der Waals surface area contributed by atoms with Crippen molar-refractivity contribution in [3.8, 4) is 0 Å². The van der Waals surface area contributed by atoms with E-state index in [2.05, 4.69) is 32.6 Å². The molecular weight excluding hydrogens is 615 g/mol. The van der Waals surface area contributed by atoms with Gasteiger partial charge < -0.3 is 14.7 Å². The number of carbonyl (C=O) groups excluding carboxylic acids is 1. The summed E-state index contributed by atoms with van der Waals surface area (Å²) in [6.07, 6.45) is 43.6. The van der Waals surface area contributed by atoms with Crippen LogP contribution < -0.4 is 0 Å². The molecule has 0 aliphatic rings. The average Bonchev–Trinajstić information content (AvgIpc) is 3.12. The zero-order valence-electron chi connectivity index (χ0n) is 34.9. The second-order valence-corrected chi connectivity index (χ2v) is 16.1. The minimum Gasteiger partial charge on any atom is -0.465 e. The molecule has 1 unspecified atom stereocenters. The standard InChI is InChI=1S/C46H93NO3/c1-5-9-13-17-20-26-34-44(35-27-21-18-14-10-6-2)38-41-47(40-31-25-32-42-48)39-30-23-24-33-43-50-46(49)45(36-28-16-12-8-4)37-29-22-19-15-11-7-3/h44-45,48H,5-43H2,1-4H3. The van der Waals surface area contributed by atoms with Crippen molar-refractivity contribution in [3.05, 3.63) is 0 Å². The lowest BCUT2D eigenvalue weighted by molar-refractivity contribution is -0.149. The third kappa shape index (κ3) is 34.5. The van der Waals surface area contributed by atoms with Crippen molar-refractivity contribution in [2.24, 2.45) is 11.8 Å². The second-order valence-electron chi connectivity index (χ2n) is 16.1. The van der Waals surface area contributed by atoms with Crippen molar-refractivity contribution in [2.45, 2.75) is 246 Å². The first-order chi connectivity index (χ1) is 24.6. The van der Waals surface area contributed by atoms with Gasteiger partial charge in [0.05, 0.1) is 12.5 Å². The van der Waals surface area contributed by atoms with Crippen molar-refractivity contribution in [1.29, 1.82) is 0 Å². The molecule has 0 aliphatic carbocycles. The number of esters is 1. The van der Waals surface area contributed by atoms with Crippen LogP contribution in [0.2, 0.25) is 0 Å². The van der Waals surface area contributed by atoms with Gasteiger partial charge in [-0.05, 0) is 76.9 Å². The van der Waals surface area contributed by atoms with Gasteiger partial charge in [0.2, 0.25) is 0 Å². The van der Waals surface area contributed by atoms with Crippen LogP contribution in [-0.4, -0.2) is 48.8 Å². The Morgan fingerprint density at radius 1 is 0.440 bits per heavy atom. The number of hydrogen-bond donors (Lipinski definition) is 1. The fourth-order valence-electron chi connectivity index (χ4n) is 7.63. The van der Waals surface area contributed by atoms with Crippen molar-refractivity contribution in [1.82, 2.24) is 4.90 Å². The van der Waals surface area contributed by atoms with E-state index in [4.69, 9.17) is 4.74 Å². The van der Waals surface area contributed by atoms with Crippen LogP contribution in [0, 0.1) is 11.8 Å². The average molecular weight is 708 g/mol. The predicted molar refractivity (Wildman–Crippen MR) is 221 cm³/mol. The smallest absolute Gasteiger partial charge is 0.308 e. The highest BCUT2D eigenvalue weighted by atomic mass is 16.5. The summed E-state index contributed by atoms with van der Waals surface area (Å²) in [4.78, 5) is 15.8. The van der Waals surface area contributed by atoms with Crippen molar-refractivity contribution in [2.75, 3.05) is 32.8 Å². The van der Waals surface area contributed by atoms with E-state index in [9.17, 15) is 9.90 Å². The lowest BCUT2D eigenvalue weighted by Crippen LogP contribution is -2.29. The highest BCUT2D eigenvalue weighted by molar-refractivity contribution is 5.72.